The number of esters is 1. The molecule has 6 nitrogen and oxygen atoms in total. The highest BCUT2D eigenvalue weighted by atomic mass is 35.5. The van der Waals surface area contributed by atoms with Gasteiger partial charge < -0.3 is 15.4 Å². The maximum absolute atomic E-state index is 13.5. The van der Waals surface area contributed by atoms with Gasteiger partial charge >= 0.3 is 5.97 Å². The van der Waals surface area contributed by atoms with Crippen LogP contribution >= 0.6 is 11.6 Å². The van der Waals surface area contributed by atoms with Crippen molar-refractivity contribution >= 4 is 29.4 Å². The second kappa shape index (κ2) is 9.09. The second-order valence-electron chi connectivity index (χ2n) is 4.78. The monoisotopic (exact) mass is 344 g/mol. The predicted molar refractivity (Wildman–Crippen MR) is 82.6 cm³/mol. The molecule has 0 spiro atoms. The lowest BCUT2D eigenvalue weighted by Gasteiger charge is -2.13. The Kier molecular flexibility index (Phi) is 7.47. The second-order valence-corrected chi connectivity index (χ2v) is 5.22. The molecule has 23 heavy (non-hydrogen) atoms. The summed E-state index contributed by atoms with van der Waals surface area (Å²) in [7, 11) is 0. The summed E-state index contributed by atoms with van der Waals surface area (Å²) in [6.45, 7) is 3.29. The molecule has 2 N–H and O–H groups in total. The molecule has 8 heteroatoms. The van der Waals surface area contributed by atoms with Crippen molar-refractivity contribution in [1.29, 1.82) is 0 Å². The van der Waals surface area contributed by atoms with E-state index in [9.17, 15) is 18.8 Å². The number of benzene rings is 1. The molecule has 0 saturated heterocycles. The first-order valence-electron chi connectivity index (χ1n) is 7.04. The largest absolute Gasteiger partial charge is 0.452 e. The fraction of sp³-hybridized carbons (Fsp3) is 0.400. The lowest BCUT2D eigenvalue weighted by molar-refractivity contribution is -0.130. The average molecular weight is 345 g/mol. The summed E-state index contributed by atoms with van der Waals surface area (Å²) in [6.07, 6.45) is 0.774. The highest BCUT2D eigenvalue weighted by molar-refractivity contribution is 6.30. The third-order valence-electron chi connectivity index (χ3n) is 2.81. The molecule has 0 bridgehead atoms. The van der Waals surface area contributed by atoms with Crippen molar-refractivity contribution in [2.45, 2.75) is 26.3 Å². The van der Waals surface area contributed by atoms with Crippen molar-refractivity contribution in [3.05, 3.63) is 34.6 Å². The van der Waals surface area contributed by atoms with E-state index < -0.39 is 30.3 Å². The van der Waals surface area contributed by atoms with Crippen molar-refractivity contribution in [1.82, 2.24) is 10.6 Å². The van der Waals surface area contributed by atoms with Gasteiger partial charge in [0.05, 0.1) is 5.56 Å². The molecule has 1 aromatic rings. The number of rotatable bonds is 7. The zero-order chi connectivity index (χ0) is 17.4. The van der Waals surface area contributed by atoms with Crippen molar-refractivity contribution < 1.29 is 23.5 Å². The third kappa shape index (κ3) is 6.23. The molecular formula is C15H18ClFN2O4. The first-order valence-corrected chi connectivity index (χ1v) is 7.42. The summed E-state index contributed by atoms with van der Waals surface area (Å²) in [5.41, 5.74) is -0.323. The Morgan fingerprint density at radius 2 is 2.04 bits per heavy atom. The zero-order valence-corrected chi connectivity index (χ0v) is 13.6. The Labute approximate surface area is 138 Å². The fourth-order valence-electron chi connectivity index (χ4n) is 1.61. The summed E-state index contributed by atoms with van der Waals surface area (Å²) in [6, 6.07) is 2.71. The molecular weight excluding hydrogens is 327 g/mol. The minimum atomic E-state index is -0.989. The van der Waals surface area contributed by atoms with Crippen molar-refractivity contribution in [3.63, 3.8) is 0 Å². The number of hydrogen-bond donors (Lipinski definition) is 2. The Balaban J connectivity index is 2.46. The van der Waals surface area contributed by atoms with Crippen molar-refractivity contribution in [2.24, 2.45) is 0 Å². The lowest BCUT2D eigenvalue weighted by atomic mass is 10.2. The van der Waals surface area contributed by atoms with Crippen LogP contribution < -0.4 is 10.6 Å². The van der Waals surface area contributed by atoms with E-state index in [2.05, 4.69) is 10.6 Å². The van der Waals surface area contributed by atoms with Crippen LogP contribution in [0.25, 0.3) is 0 Å². The molecule has 1 aromatic carbocycles. The molecule has 2 amide bonds. The highest BCUT2D eigenvalue weighted by Gasteiger charge is 2.18. The Morgan fingerprint density at radius 3 is 2.65 bits per heavy atom. The molecule has 1 atom stereocenters. The van der Waals surface area contributed by atoms with Gasteiger partial charge in [-0.25, -0.2) is 9.18 Å². The van der Waals surface area contributed by atoms with Crippen LogP contribution in [0.1, 0.15) is 30.6 Å². The maximum Gasteiger partial charge on any atom is 0.341 e. The minimum absolute atomic E-state index is 0.142. The number of ether oxygens (including phenoxy) is 1. The fourth-order valence-corrected chi connectivity index (χ4v) is 1.77. The predicted octanol–water partition coefficient (Wildman–Crippen LogP) is 1.67. The van der Waals surface area contributed by atoms with Crippen LogP contribution in [0, 0.1) is 5.82 Å². The van der Waals surface area contributed by atoms with Gasteiger partial charge in [-0.1, -0.05) is 18.5 Å². The van der Waals surface area contributed by atoms with Gasteiger partial charge in [-0.3, -0.25) is 9.59 Å². The van der Waals surface area contributed by atoms with E-state index in [4.69, 9.17) is 16.3 Å². The van der Waals surface area contributed by atoms with Gasteiger partial charge in [0.2, 0.25) is 5.91 Å². The zero-order valence-electron chi connectivity index (χ0n) is 12.8. The summed E-state index contributed by atoms with van der Waals surface area (Å²) in [5, 5.41) is 5.14. The average Bonchev–Trinajstić information content (AvgIpc) is 2.50. The van der Waals surface area contributed by atoms with Gasteiger partial charge in [-0.15, -0.1) is 0 Å². The van der Waals surface area contributed by atoms with Gasteiger partial charge in [0.15, 0.2) is 6.61 Å². The van der Waals surface area contributed by atoms with Crippen LogP contribution in [0.5, 0.6) is 0 Å². The molecule has 0 fully saturated rings. The Hall–Kier alpha value is -2.15. The van der Waals surface area contributed by atoms with Crippen LogP contribution in [0.3, 0.4) is 0 Å². The van der Waals surface area contributed by atoms with Crippen LogP contribution in [-0.4, -0.2) is 37.0 Å². The highest BCUT2D eigenvalue weighted by Crippen LogP contribution is 2.15. The van der Waals surface area contributed by atoms with Gasteiger partial charge in [-0.05, 0) is 31.5 Å². The normalized spacial score (nSPS) is 11.5. The van der Waals surface area contributed by atoms with Gasteiger partial charge in [0.1, 0.15) is 11.9 Å². The minimum Gasteiger partial charge on any atom is -0.452 e. The van der Waals surface area contributed by atoms with Gasteiger partial charge in [0, 0.05) is 11.6 Å². The molecule has 0 unspecified atom stereocenters. The van der Waals surface area contributed by atoms with E-state index in [0.29, 0.717) is 6.54 Å². The molecule has 126 valence electrons. The molecule has 0 aliphatic heterocycles. The van der Waals surface area contributed by atoms with E-state index in [1.807, 2.05) is 6.92 Å². The van der Waals surface area contributed by atoms with Crippen LogP contribution in [0.15, 0.2) is 18.2 Å². The maximum atomic E-state index is 13.5. The Bertz CT molecular complexity index is 595. The third-order valence-corrected chi connectivity index (χ3v) is 3.04. The summed E-state index contributed by atoms with van der Waals surface area (Å²) in [4.78, 5) is 34.9. The number of hydrogen-bond acceptors (Lipinski definition) is 4. The molecule has 0 aliphatic carbocycles. The summed E-state index contributed by atoms with van der Waals surface area (Å²) < 4.78 is 18.2. The number of nitrogens with one attached hydrogen (secondary N) is 2. The number of amides is 2. The van der Waals surface area contributed by atoms with E-state index in [-0.39, 0.29) is 16.5 Å². The molecule has 0 radical (unpaired) electrons. The molecule has 0 saturated carbocycles. The molecule has 0 heterocycles. The van der Waals surface area contributed by atoms with Crippen LogP contribution in [0.2, 0.25) is 5.02 Å². The van der Waals surface area contributed by atoms with E-state index in [1.54, 1.807) is 0 Å². The first kappa shape index (κ1) is 18.9. The first-order chi connectivity index (χ1) is 10.8. The SMILES string of the molecule is CCCNC(=O)[C@@H](C)NC(=O)COC(=O)c1ccc(Cl)cc1F. The smallest absolute Gasteiger partial charge is 0.341 e. The van der Waals surface area contributed by atoms with E-state index in [0.717, 1.165) is 12.5 Å². The molecule has 0 aliphatic rings. The summed E-state index contributed by atoms with van der Waals surface area (Å²) >= 11 is 5.58. The van der Waals surface area contributed by atoms with E-state index >= 15 is 0 Å². The Morgan fingerprint density at radius 1 is 1.35 bits per heavy atom. The van der Waals surface area contributed by atoms with E-state index in [1.165, 1.54) is 19.1 Å². The topological polar surface area (TPSA) is 84.5 Å². The van der Waals surface area contributed by atoms with Gasteiger partial charge in [0.25, 0.3) is 5.91 Å². The summed E-state index contributed by atoms with van der Waals surface area (Å²) in [5.74, 6) is -2.82. The number of halogens is 2. The van der Waals surface area contributed by atoms with Crippen LogP contribution in [-0.2, 0) is 14.3 Å². The number of carbonyl (C=O) groups is 3. The lowest BCUT2D eigenvalue weighted by Crippen LogP contribution is -2.46. The number of carbonyl (C=O) groups excluding carboxylic acids is 3. The van der Waals surface area contributed by atoms with Crippen molar-refractivity contribution in [3.8, 4) is 0 Å². The standard InChI is InChI=1S/C15H18ClFN2O4/c1-3-6-18-14(21)9(2)19-13(20)8-23-15(22)11-5-4-10(16)7-12(11)17/h4-5,7,9H,3,6,8H2,1-2H3,(H,18,21)(H,19,20)/t9-/m1/s1. The molecule has 0 aromatic heterocycles. The van der Waals surface area contributed by atoms with Crippen LogP contribution in [0.4, 0.5) is 4.39 Å². The molecule has 1 rings (SSSR count). The van der Waals surface area contributed by atoms with Crippen molar-refractivity contribution in [2.75, 3.05) is 13.2 Å². The quantitative estimate of drug-likeness (QED) is 0.737. The van der Waals surface area contributed by atoms with Gasteiger partial charge in [-0.2, -0.15) is 0 Å².